The number of hydrogen-bond acceptors (Lipinski definition) is 9. The molecule has 0 aliphatic carbocycles. The summed E-state index contributed by atoms with van der Waals surface area (Å²) in [4.78, 5) is 0. The van der Waals surface area contributed by atoms with Crippen LogP contribution in [0.3, 0.4) is 0 Å². The van der Waals surface area contributed by atoms with E-state index in [0.717, 1.165) is 38.1 Å². The maximum atomic E-state index is 6.70. The standard InChI is InChI=1S/C20H42O9Si2/c1-5-25-30(13-9-11-21-15-19-17-23-19,14-10-12-22-16-20-18-24-20)29-31(26-6-2,27-7-3)28-8-4/h19-20H,5-18H2,1-4H3. The Hall–Kier alpha value is 0.0738. The normalized spacial score (nSPS) is 22.5. The predicted molar refractivity (Wildman–Crippen MR) is 119 cm³/mol. The Morgan fingerprint density at radius 3 is 1.45 bits per heavy atom. The van der Waals surface area contributed by atoms with Gasteiger partial charge in [-0.2, -0.15) is 0 Å². The first-order valence-electron chi connectivity index (χ1n) is 11.8. The lowest BCUT2D eigenvalue weighted by molar-refractivity contribution is -0.00422. The van der Waals surface area contributed by atoms with E-state index in [1.165, 1.54) is 0 Å². The summed E-state index contributed by atoms with van der Waals surface area (Å²) in [6.45, 7) is 13.9. The largest absolute Gasteiger partial charge is 0.670 e. The zero-order valence-electron chi connectivity index (χ0n) is 19.7. The van der Waals surface area contributed by atoms with Gasteiger partial charge >= 0.3 is 17.6 Å². The Morgan fingerprint density at radius 1 is 0.677 bits per heavy atom. The lowest BCUT2D eigenvalue weighted by Crippen LogP contribution is -2.59. The Kier molecular flexibility index (Phi) is 13.3. The van der Waals surface area contributed by atoms with Crippen molar-refractivity contribution in [2.24, 2.45) is 0 Å². The van der Waals surface area contributed by atoms with Gasteiger partial charge in [-0.3, -0.25) is 0 Å². The second-order valence-electron chi connectivity index (χ2n) is 7.51. The first-order valence-corrected chi connectivity index (χ1v) is 15.6. The monoisotopic (exact) mass is 482 g/mol. The van der Waals surface area contributed by atoms with E-state index >= 15 is 0 Å². The number of ether oxygens (including phenoxy) is 4. The molecule has 0 aromatic rings. The molecule has 31 heavy (non-hydrogen) atoms. The van der Waals surface area contributed by atoms with Gasteiger partial charge in [0.25, 0.3) is 0 Å². The van der Waals surface area contributed by atoms with E-state index < -0.39 is 17.6 Å². The summed E-state index contributed by atoms with van der Waals surface area (Å²) in [5.41, 5.74) is 0. The predicted octanol–water partition coefficient (Wildman–Crippen LogP) is 2.64. The molecule has 184 valence electrons. The fourth-order valence-corrected chi connectivity index (χ4v) is 10.6. The van der Waals surface area contributed by atoms with Crippen LogP contribution in [0.1, 0.15) is 40.5 Å². The van der Waals surface area contributed by atoms with Gasteiger partial charge in [0, 0.05) is 39.6 Å². The third-order valence-electron chi connectivity index (χ3n) is 4.79. The highest BCUT2D eigenvalue weighted by Gasteiger charge is 2.54. The molecular weight excluding hydrogens is 440 g/mol. The van der Waals surface area contributed by atoms with Crippen molar-refractivity contribution in [3.8, 4) is 0 Å². The third-order valence-corrected chi connectivity index (χ3v) is 12.2. The van der Waals surface area contributed by atoms with Crippen LogP contribution >= 0.6 is 0 Å². The molecule has 0 radical (unpaired) electrons. The van der Waals surface area contributed by atoms with Crippen molar-refractivity contribution in [2.75, 3.05) is 66.1 Å². The van der Waals surface area contributed by atoms with Crippen LogP contribution in [0.2, 0.25) is 12.1 Å². The van der Waals surface area contributed by atoms with Gasteiger partial charge in [-0.25, -0.2) is 0 Å². The van der Waals surface area contributed by atoms with Gasteiger partial charge in [0.1, 0.15) is 12.2 Å². The summed E-state index contributed by atoms with van der Waals surface area (Å²) in [7, 11) is -6.01. The molecule has 0 spiro atoms. The van der Waals surface area contributed by atoms with Crippen LogP contribution in [0.4, 0.5) is 0 Å². The van der Waals surface area contributed by atoms with Gasteiger partial charge in [0.2, 0.25) is 0 Å². The molecule has 2 fully saturated rings. The van der Waals surface area contributed by atoms with Gasteiger partial charge in [0.15, 0.2) is 0 Å². The molecule has 11 heteroatoms. The summed E-state index contributed by atoms with van der Waals surface area (Å²) in [6, 6.07) is 1.56. The Bertz CT molecular complexity index is 425. The fourth-order valence-electron chi connectivity index (χ4n) is 3.28. The van der Waals surface area contributed by atoms with Crippen molar-refractivity contribution < 1.29 is 40.8 Å². The summed E-state index contributed by atoms with van der Waals surface area (Å²) in [5.74, 6) is 0. The maximum Gasteiger partial charge on any atom is 0.670 e. The number of rotatable bonds is 22. The molecule has 2 heterocycles. The minimum atomic E-state index is -3.31. The maximum absolute atomic E-state index is 6.70. The van der Waals surface area contributed by atoms with Gasteiger partial charge in [-0.05, 0) is 52.6 Å². The van der Waals surface area contributed by atoms with Gasteiger partial charge in [-0.1, -0.05) is 0 Å². The molecule has 2 aliphatic rings. The highest BCUT2D eigenvalue weighted by atomic mass is 28.5. The van der Waals surface area contributed by atoms with E-state index in [-0.39, 0.29) is 12.2 Å². The average Bonchev–Trinajstić information content (AvgIpc) is 3.64. The molecule has 2 rings (SSSR count). The number of hydrogen-bond donors (Lipinski definition) is 0. The van der Waals surface area contributed by atoms with Crippen LogP contribution in [0.15, 0.2) is 0 Å². The van der Waals surface area contributed by atoms with Crippen LogP contribution < -0.4 is 0 Å². The van der Waals surface area contributed by atoms with Crippen molar-refractivity contribution in [1.29, 1.82) is 0 Å². The summed E-state index contributed by atoms with van der Waals surface area (Å²) in [6.07, 6.45) is 2.22. The summed E-state index contributed by atoms with van der Waals surface area (Å²) in [5, 5.41) is 0. The Labute approximate surface area is 189 Å². The van der Waals surface area contributed by atoms with Crippen molar-refractivity contribution in [3.63, 3.8) is 0 Å². The highest BCUT2D eigenvalue weighted by Crippen LogP contribution is 2.29. The van der Waals surface area contributed by atoms with Gasteiger partial charge in [-0.15, -0.1) is 0 Å². The van der Waals surface area contributed by atoms with E-state index in [9.17, 15) is 0 Å². The van der Waals surface area contributed by atoms with Crippen LogP contribution in [-0.4, -0.2) is 95.9 Å². The molecule has 2 unspecified atom stereocenters. The van der Waals surface area contributed by atoms with Crippen LogP contribution in [0.25, 0.3) is 0 Å². The first kappa shape index (κ1) is 27.3. The van der Waals surface area contributed by atoms with Crippen molar-refractivity contribution >= 4 is 17.6 Å². The topological polar surface area (TPSA) is 89.7 Å². The molecule has 0 bridgehead atoms. The molecule has 0 aromatic heterocycles. The molecule has 2 aliphatic heterocycles. The van der Waals surface area contributed by atoms with E-state index in [2.05, 4.69) is 0 Å². The van der Waals surface area contributed by atoms with Crippen LogP contribution in [0, 0.1) is 0 Å². The summed E-state index contributed by atoms with van der Waals surface area (Å²) >= 11 is 0. The number of epoxide rings is 2. The zero-order chi connectivity index (χ0) is 22.4. The van der Waals surface area contributed by atoms with E-state index in [0.29, 0.717) is 52.9 Å². The molecule has 2 saturated heterocycles. The molecule has 9 nitrogen and oxygen atoms in total. The first-order chi connectivity index (χ1) is 15.1. The van der Waals surface area contributed by atoms with E-state index in [4.69, 9.17) is 40.8 Å². The van der Waals surface area contributed by atoms with Crippen LogP contribution in [0.5, 0.6) is 0 Å². The van der Waals surface area contributed by atoms with E-state index in [1.807, 2.05) is 27.7 Å². The minimum Gasteiger partial charge on any atom is -0.395 e. The summed E-state index contributed by atoms with van der Waals surface area (Å²) < 4.78 is 52.9. The quantitative estimate of drug-likeness (QED) is 0.131. The molecule has 0 saturated carbocycles. The molecule has 0 aromatic carbocycles. The minimum absolute atomic E-state index is 0.270. The smallest absolute Gasteiger partial charge is 0.395 e. The fraction of sp³-hybridized carbons (Fsp3) is 1.00. The molecular formula is C20H42O9Si2. The van der Waals surface area contributed by atoms with Crippen LogP contribution in [-0.2, 0) is 40.8 Å². The molecule has 2 atom stereocenters. The SMILES string of the molecule is CCO[Si](CCCOCC1CO1)(CCCOCC1CO1)O[Si](OCC)(OCC)OCC. The molecule has 0 amide bonds. The lowest BCUT2D eigenvalue weighted by atomic mass is 10.5. The molecule has 0 N–H and O–H groups in total. The highest BCUT2D eigenvalue weighted by molar-refractivity contribution is 6.76. The third kappa shape index (κ3) is 11.2. The zero-order valence-corrected chi connectivity index (χ0v) is 21.7. The average molecular weight is 483 g/mol. The lowest BCUT2D eigenvalue weighted by Gasteiger charge is -2.38. The van der Waals surface area contributed by atoms with Crippen molar-refractivity contribution in [2.45, 2.75) is 64.8 Å². The van der Waals surface area contributed by atoms with Crippen molar-refractivity contribution in [3.05, 3.63) is 0 Å². The van der Waals surface area contributed by atoms with Gasteiger partial charge in [0.05, 0.1) is 26.4 Å². The second-order valence-corrected chi connectivity index (χ2v) is 13.3. The van der Waals surface area contributed by atoms with Gasteiger partial charge < -0.3 is 40.8 Å². The second kappa shape index (κ2) is 15.1. The Morgan fingerprint density at radius 2 is 1.10 bits per heavy atom. The van der Waals surface area contributed by atoms with Crippen molar-refractivity contribution in [1.82, 2.24) is 0 Å². The van der Waals surface area contributed by atoms with E-state index in [1.54, 1.807) is 0 Å². The Balaban J connectivity index is 1.99.